The second-order valence-electron chi connectivity index (χ2n) is 4.56. The smallest absolute Gasteiger partial charge is 0.398 e. The summed E-state index contributed by atoms with van der Waals surface area (Å²) in [6, 6.07) is 4.04. The molecule has 0 aliphatic carbocycles. The number of nitrogen functional groups attached to an aromatic ring is 1. The summed E-state index contributed by atoms with van der Waals surface area (Å²) in [6.45, 7) is 0.845. The Kier molecular flexibility index (Phi) is 3.80. The van der Waals surface area contributed by atoms with Crippen LogP contribution >= 0.6 is 0 Å². The van der Waals surface area contributed by atoms with Crippen LogP contribution in [0, 0.1) is 5.82 Å². The van der Waals surface area contributed by atoms with E-state index in [1.54, 1.807) is 4.90 Å². The lowest BCUT2D eigenvalue weighted by atomic mass is 10.1. The zero-order valence-corrected chi connectivity index (χ0v) is 10.2. The van der Waals surface area contributed by atoms with Gasteiger partial charge in [-0.15, -0.1) is 0 Å². The standard InChI is InChI=1S/C13H14F4N2/c14-11-1-2-12(18)9(7-11)8-19-5-3-10(4-6-19)13(15,16)17/h1-3,7H,4-6,8,18H2. The molecule has 0 bridgehead atoms. The monoisotopic (exact) mass is 274 g/mol. The van der Waals surface area contributed by atoms with E-state index in [9.17, 15) is 17.6 Å². The minimum absolute atomic E-state index is 0.0429. The molecule has 6 heteroatoms. The topological polar surface area (TPSA) is 29.3 Å². The molecule has 1 aliphatic rings. The van der Waals surface area contributed by atoms with E-state index >= 15 is 0 Å². The lowest BCUT2D eigenvalue weighted by Crippen LogP contribution is -2.31. The van der Waals surface area contributed by atoms with Crippen molar-refractivity contribution in [1.82, 2.24) is 4.90 Å². The van der Waals surface area contributed by atoms with Crippen LogP contribution in [0.4, 0.5) is 23.2 Å². The van der Waals surface area contributed by atoms with Crippen molar-refractivity contribution >= 4 is 5.69 Å². The normalized spacial score (nSPS) is 17.4. The summed E-state index contributed by atoms with van der Waals surface area (Å²) in [4.78, 5) is 1.81. The van der Waals surface area contributed by atoms with Crippen molar-refractivity contribution < 1.29 is 17.6 Å². The van der Waals surface area contributed by atoms with Gasteiger partial charge in [0.1, 0.15) is 5.82 Å². The molecular formula is C13H14F4N2. The van der Waals surface area contributed by atoms with E-state index in [4.69, 9.17) is 5.73 Å². The van der Waals surface area contributed by atoms with Crippen molar-refractivity contribution in [1.29, 1.82) is 0 Å². The fourth-order valence-corrected chi connectivity index (χ4v) is 2.06. The van der Waals surface area contributed by atoms with Gasteiger partial charge in [0.25, 0.3) is 0 Å². The molecule has 104 valence electrons. The average molecular weight is 274 g/mol. The van der Waals surface area contributed by atoms with Gasteiger partial charge in [-0.2, -0.15) is 13.2 Å². The largest absolute Gasteiger partial charge is 0.412 e. The molecule has 1 aliphatic heterocycles. The van der Waals surface area contributed by atoms with E-state index in [0.717, 1.165) is 0 Å². The Labute approximate surface area is 108 Å². The van der Waals surface area contributed by atoms with E-state index in [1.165, 1.54) is 24.3 Å². The van der Waals surface area contributed by atoms with Gasteiger partial charge in [0.15, 0.2) is 0 Å². The molecule has 0 fully saturated rings. The summed E-state index contributed by atoms with van der Waals surface area (Å²) < 4.78 is 50.5. The molecule has 0 saturated heterocycles. The van der Waals surface area contributed by atoms with E-state index in [1.807, 2.05) is 0 Å². The van der Waals surface area contributed by atoms with Crippen molar-refractivity contribution in [2.75, 3.05) is 18.8 Å². The van der Waals surface area contributed by atoms with Crippen molar-refractivity contribution in [3.05, 3.63) is 41.2 Å². The fourth-order valence-electron chi connectivity index (χ4n) is 2.06. The minimum atomic E-state index is -4.25. The molecule has 2 N–H and O–H groups in total. The molecule has 0 amide bonds. The Morgan fingerprint density at radius 1 is 1.26 bits per heavy atom. The zero-order chi connectivity index (χ0) is 14.0. The highest BCUT2D eigenvalue weighted by Gasteiger charge is 2.34. The van der Waals surface area contributed by atoms with Crippen LogP contribution in [0.3, 0.4) is 0 Å². The lowest BCUT2D eigenvalue weighted by molar-refractivity contribution is -0.0960. The molecule has 19 heavy (non-hydrogen) atoms. The molecule has 2 rings (SSSR count). The van der Waals surface area contributed by atoms with E-state index in [-0.39, 0.29) is 13.0 Å². The summed E-state index contributed by atoms with van der Waals surface area (Å²) >= 11 is 0. The Hall–Kier alpha value is -1.56. The second-order valence-corrected chi connectivity index (χ2v) is 4.56. The molecule has 1 aromatic carbocycles. The molecule has 0 saturated carbocycles. The third kappa shape index (κ3) is 3.47. The van der Waals surface area contributed by atoms with Crippen molar-refractivity contribution in [3.8, 4) is 0 Å². The summed E-state index contributed by atoms with van der Waals surface area (Å²) in [5.41, 5.74) is 6.28. The highest BCUT2D eigenvalue weighted by atomic mass is 19.4. The first-order chi connectivity index (χ1) is 8.86. The average Bonchev–Trinajstić information content (AvgIpc) is 2.33. The van der Waals surface area contributed by atoms with E-state index in [2.05, 4.69) is 0 Å². The van der Waals surface area contributed by atoms with Crippen molar-refractivity contribution in [2.45, 2.75) is 19.1 Å². The predicted molar refractivity (Wildman–Crippen MR) is 64.8 cm³/mol. The summed E-state index contributed by atoms with van der Waals surface area (Å²) in [6.07, 6.45) is -3.11. The Bertz CT molecular complexity index is 494. The maximum Gasteiger partial charge on any atom is 0.412 e. The number of benzene rings is 1. The second kappa shape index (κ2) is 5.21. The number of anilines is 1. The fraction of sp³-hybridized carbons (Fsp3) is 0.385. The molecule has 0 spiro atoms. The molecule has 0 aromatic heterocycles. The van der Waals surface area contributed by atoms with Crippen LogP contribution in [-0.4, -0.2) is 24.2 Å². The number of nitrogens with zero attached hydrogens (tertiary/aromatic N) is 1. The molecule has 0 unspecified atom stereocenters. The summed E-state index contributed by atoms with van der Waals surface area (Å²) in [7, 11) is 0. The van der Waals surface area contributed by atoms with Gasteiger partial charge in [0.05, 0.1) is 0 Å². The van der Waals surface area contributed by atoms with Gasteiger partial charge in [-0.1, -0.05) is 6.08 Å². The van der Waals surface area contributed by atoms with Gasteiger partial charge in [-0.05, 0) is 30.2 Å². The summed E-state index contributed by atoms with van der Waals surface area (Å²) in [5, 5.41) is 0. The Morgan fingerprint density at radius 3 is 2.58 bits per heavy atom. The number of alkyl halides is 3. The van der Waals surface area contributed by atoms with E-state index < -0.39 is 17.6 Å². The van der Waals surface area contributed by atoms with Crippen molar-refractivity contribution in [3.63, 3.8) is 0 Å². The third-order valence-corrected chi connectivity index (χ3v) is 3.16. The minimum Gasteiger partial charge on any atom is -0.398 e. The van der Waals surface area contributed by atoms with Crippen LogP contribution in [0.1, 0.15) is 12.0 Å². The van der Waals surface area contributed by atoms with Crippen LogP contribution in [0.5, 0.6) is 0 Å². The highest BCUT2D eigenvalue weighted by molar-refractivity contribution is 5.46. The van der Waals surface area contributed by atoms with Crippen LogP contribution < -0.4 is 5.73 Å². The van der Waals surface area contributed by atoms with Crippen LogP contribution in [-0.2, 0) is 6.54 Å². The Morgan fingerprint density at radius 2 is 2.00 bits per heavy atom. The molecule has 1 aromatic rings. The maximum atomic E-state index is 13.1. The zero-order valence-electron chi connectivity index (χ0n) is 10.2. The molecule has 2 nitrogen and oxygen atoms in total. The Balaban J connectivity index is 2.03. The number of hydrogen-bond acceptors (Lipinski definition) is 2. The van der Waals surface area contributed by atoms with Gasteiger partial charge in [-0.25, -0.2) is 4.39 Å². The molecular weight excluding hydrogens is 260 g/mol. The summed E-state index contributed by atoms with van der Waals surface area (Å²) in [5.74, 6) is -0.396. The predicted octanol–water partition coefficient (Wildman–Crippen LogP) is 3.10. The maximum absolute atomic E-state index is 13.1. The lowest BCUT2D eigenvalue weighted by Gasteiger charge is -2.27. The third-order valence-electron chi connectivity index (χ3n) is 3.16. The molecule has 0 atom stereocenters. The highest BCUT2D eigenvalue weighted by Crippen LogP contribution is 2.30. The quantitative estimate of drug-likeness (QED) is 0.510. The SMILES string of the molecule is Nc1ccc(F)cc1CN1CC=C(C(F)(F)F)CC1. The van der Waals surface area contributed by atoms with Gasteiger partial charge in [0, 0.05) is 30.9 Å². The van der Waals surface area contributed by atoms with Crippen LogP contribution in [0.15, 0.2) is 29.8 Å². The first-order valence-electron chi connectivity index (χ1n) is 5.89. The van der Waals surface area contributed by atoms with Gasteiger partial charge in [0.2, 0.25) is 0 Å². The van der Waals surface area contributed by atoms with Crippen LogP contribution in [0.25, 0.3) is 0 Å². The van der Waals surface area contributed by atoms with Crippen LogP contribution in [0.2, 0.25) is 0 Å². The molecule has 1 heterocycles. The number of nitrogens with two attached hydrogens (primary N) is 1. The number of hydrogen-bond donors (Lipinski definition) is 1. The number of halogens is 4. The molecule has 0 radical (unpaired) electrons. The number of rotatable bonds is 2. The van der Waals surface area contributed by atoms with E-state index in [0.29, 0.717) is 24.3 Å². The first-order valence-corrected chi connectivity index (χ1v) is 5.89. The van der Waals surface area contributed by atoms with Gasteiger partial charge < -0.3 is 5.73 Å². The van der Waals surface area contributed by atoms with Gasteiger partial charge >= 0.3 is 6.18 Å². The van der Waals surface area contributed by atoms with Gasteiger partial charge in [-0.3, -0.25) is 4.90 Å². The first kappa shape index (κ1) is 13.9. The van der Waals surface area contributed by atoms with Crippen molar-refractivity contribution in [2.24, 2.45) is 0 Å².